The Morgan fingerprint density at radius 1 is 1.34 bits per heavy atom. The van der Waals surface area contributed by atoms with Gasteiger partial charge < -0.3 is 5.11 Å². The van der Waals surface area contributed by atoms with Crippen molar-refractivity contribution in [1.29, 1.82) is 0 Å². The molecule has 1 aromatic heterocycles. The molecule has 0 amide bonds. The van der Waals surface area contributed by atoms with Crippen molar-refractivity contribution in [1.82, 2.24) is 4.98 Å². The smallest absolute Gasteiger partial charge is 0.336 e. The first-order chi connectivity index (χ1) is 13.9. The molecule has 148 valence electrons. The molecule has 3 aromatic rings. The third kappa shape index (κ3) is 4.17. The van der Waals surface area contributed by atoms with Gasteiger partial charge in [0.25, 0.3) is 0 Å². The Labute approximate surface area is 170 Å². The molecule has 0 bridgehead atoms. The molecular weight excluding hydrogens is 396 g/mol. The molecule has 29 heavy (non-hydrogen) atoms. The summed E-state index contributed by atoms with van der Waals surface area (Å²) in [6.07, 6.45) is 0.610. The monoisotopic (exact) mass is 413 g/mol. The highest BCUT2D eigenvalue weighted by Crippen LogP contribution is 2.38. The van der Waals surface area contributed by atoms with E-state index < -0.39 is 24.0 Å². The highest BCUT2D eigenvalue weighted by Gasteiger charge is 2.44. The van der Waals surface area contributed by atoms with E-state index in [-0.39, 0.29) is 11.1 Å². The van der Waals surface area contributed by atoms with Gasteiger partial charge in [-0.15, -0.1) is 11.3 Å². The predicted molar refractivity (Wildman–Crippen MR) is 109 cm³/mol. The normalized spacial score (nSPS) is 18.2. The number of hydrogen-bond acceptors (Lipinski definition) is 5. The summed E-state index contributed by atoms with van der Waals surface area (Å²) in [5, 5.41) is 17.4. The van der Waals surface area contributed by atoms with Gasteiger partial charge in [0.1, 0.15) is 12.0 Å². The summed E-state index contributed by atoms with van der Waals surface area (Å²) < 4.78 is 27.2. The zero-order valence-corrected chi connectivity index (χ0v) is 16.2. The number of nitrogens with zero attached hydrogens (tertiary/aromatic N) is 3. The number of alkyl halides is 1. The molecule has 2 atom stereocenters. The summed E-state index contributed by atoms with van der Waals surface area (Å²) in [5.74, 6) is -1.91. The number of hydrazone groups is 1. The molecular formula is C21H17F2N3O2S. The second-order valence-corrected chi connectivity index (χ2v) is 7.67. The topological polar surface area (TPSA) is 65.8 Å². The van der Waals surface area contributed by atoms with Crippen LogP contribution in [0.5, 0.6) is 0 Å². The van der Waals surface area contributed by atoms with Crippen LogP contribution in [0.3, 0.4) is 0 Å². The van der Waals surface area contributed by atoms with Gasteiger partial charge in [-0.2, -0.15) is 5.10 Å². The minimum absolute atomic E-state index is 0.208. The van der Waals surface area contributed by atoms with Gasteiger partial charge in [0.15, 0.2) is 0 Å². The summed E-state index contributed by atoms with van der Waals surface area (Å²) in [6.45, 7) is 1.99. The van der Waals surface area contributed by atoms with E-state index in [0.717, 1.165) is 29.0 Å². The number of hydrogen-bond donors (Lipinski definition) is 1. The van der Waals surface area contributed by atoms with Crippen molar-refractivity contribution in [2.75, 3.05) is 5.01 Å². The van der Waals surface area contributed by atoms with Gasteiger partial charge in [-0.1, -0.05) is 23.8 Å². The molecule has 5 nitrogen and oxygen atoms in total. The second kappa shape index (κ2) is 7.71. The Morgan fingerprint density at radius 3 is 2.83 bits per heavy atom. The van der Waals surface area contributed by atoms with Crippen LogP contribution in [0.4, 0.5) is 13.9 Å². The molecule has 1 N–H and O–H groups in total. The molecule has 1 heterocycles. The van der Waals surface area contributed by atoms with E-state index in [9.17, 15) is 18.7 Å². The number of thiazole rings is 1. The fraction of sp³-hybridized carbons (Fsp3) is 0.190. The van der Waals surface area contributed by atoms with Crippen LogP contribution in [0.25, 0.3) is 11.3 Å². The van der Waals surface area contributed by atoms with E-state index in [1.165, 1.54) is 28.6 Å². The van der Waals surface area contributed by atoms with E-state index in [4.69, 9.17) is 0 Å². The fourth-order valence-electron chi connectivity index (χ4n) is 2.94. The van der Waals surface area contributed by atoms with Gasteiger partial charge in [-0.25, -0.2) is 23.6 Å². The average Bonchev–Trinajstić information content (AvgIpc) is 3.20. The maximum Gasteiger partial charge on any atom is 0.336 e. The molecule has 8 heteroatoms. The van der Waals surface area contributed by atoms with Crippen LogP contribution in [0.15, 0.2) is 52.9 Å². The molecule has 0 aliphatic heterocycles. The van der Waals surface area contributed by atoms with Crippen LogP contribution in [0, 0.1) is 12.7 Å². The lowest BCUT2D eigenvalue weighted by atomic mass is 10.1. The summed E-state index contributed by atoms with van der Waals surface area (Å²) >= 11 is 1.33. The number of carboxylic acid groups (broad SMARTS) is 1. The summed E-state index contributed by atoms with van der Waals surface area (Å²) in [5.41, 5.74) is 2.85. The third-order valence-electron chi connectivity index (χ3n) is 4.56. The standard InChI is InChI=1S/C21H17F2N3O2S/c1-12-3-2-4-13(7-12)18-11-29-21(25-18)26(19-9-17(19)23)24-10-14-5-6-15(22)8-16(14)20(27)28/h2-8,10-11,17,19H,9H2,1H3,(H,27,28)/b24-10+. The van der Waals surface area contributed by atoms with Crippen LogP contribution >= 0.6 is 11.3 Å². The van der Waals surface area contributed by atoms with Gasteiger partial charge in [0.2, 0.25) is 5.13 Å². The van der Waals surface area contributed by atoms with Crippen LogP contribution in [0.2, 0.25) is 0 Å². The molecule has 2 aromatic carbocycles. The number of anilines is 1. The van der Waals surface area contributed by atoms with E-state index >= 15 is 0 Å². The van der Waals surface area contributed by atoms with Gasteiger partial charge in [-0.05, 0) is 31.2 Å². The van der Waals surface area contributed by atoms with E-state index in [1.807, 2.05) is 36.6 Å². The minimum atomic E-state index is -1.26. The maximum absolute atomic E-state index is 13.8. The molecule has 2 unspecified atom stereocenters. The molecule has 0 radical (unpaired) electrons. The Balaban J connectivity index is 1.65. The van der Waals surface area contributed by atoms with Gasteiger partial charge >= 0.3 is 5.97 Å². The fourth-order valence-corrected chi connectivity index (χ4v) is 3.79. The number of benzene rings is 2. The van der Waals surface area contributed by atoms with E-state index in [1.54, 1.807) is 0 Å². The third-order valence-corrected chi connectivity index (χ3v) is 5.39. The lowest BCUT2D eigenvalue weighted by Gasteiger charge is -2.14. The number of aryl methyl sites for hydroxylation is 1. The molecule has 0 spiro atoms. The first-order valence-corrected chi connectivity index (χ1v) is 9.83. The van der Waals surface area contributed by atoms with Crippen LogP contribution in [-0.2, 0) is 0 Å². The van der Waals surface area contributed by atoms with Gasteiger partial charge in [-0.3, -0.25) is 0 Å². The zero-order chi connectivity index (χ0) is 20.5. The molecule has 1 saturated carbocycles. The zero-order valence-electron chi connectivity index (χ0n) is 15.4. The van der Waals surface area contributed by atoms with Crippen molar-refractivity contribution >= 4 is 28.7 Å². The quantitative estimate of drug-likeness (QED) is 0.461. The number of rotatable bonds is 6. The SMILES string of the molecule is Cc1cccc(-c2csc(N(/N=C/c3ccc(F)cc3C(=O)O)C3CC3F)n2)c1. The first-order valence-electron chi connectivity index (χ1n) is 8.95. The van der Waals surface area contributed by atoms with E-state index in [2.05, 4.69) is 10.1 Å². The van der Waals surface area contributed by atoms with E-state index in [0.29, 0.717) is 11.6 Å². The van der Waals surface area contributed by atoms with Crippen molar-refractivity contribution in [2.45, 2.75) is 25.6 Å². The Hall–Kier alpha value is -3.13. The molecule has 0 saturated heterocycles. The highest BCUT2D eigenvalue weighted by atomic mass is 32.1. The van der Waals surface area contributed by atoms with Crippen molar-refractivity contribution in [3.05, 3.63) is 70.4 Å². The van der Waals surface area contributed by atoms with Crippen LogP contribution < -0.4 is 5.01 Å². The second-order valence-electron chi connectivity index (χ2n) is 6.83. The Bertz CT molecular complexity index is 1100. The lowest BCUT2D eigenvalue weighted by molar-refractivity contribution is 0.0696. The van der Waals surface area contributed by atoms with Gasteiger partial charge in [0.05, 0.1) is 23.5 Å². The van der Waals surface area contributed by atoms with Crippen molar-refractivity contribution in [3.63, 3.8) is 0 Å². The molecule has 4 rings (SSSR count). The number of carboxylic acids is 1. The van der Waals surface area contributed by atoms with Gasteiger partial charge in [0, 0.05) is 22.9 Å². The average molecular weight is 413 g/mol. The largest absolute Gasteiger partial charge is 0.478 e. The number of aromatic carboxylic acids is 1. The minimum Gasteiger partial charge on any atom is -0.478 e. The number of halogens is 2. The highest BCUT2D eigenvalue weighted by molar-refractivity contribution is 7.14. The number of carbonyl (C=O) groups is 1. The molecule has 1 aliphatic rings. The summed E-state index contributed by atoms with van der Waals surface area (Å²) in [4.78, 5) is 16.0. The van der Waals surface area contributed by atoms with Crippen LogP contribution in [-0.4, -0.2) is 34.5 Å². The summed E-state index contributed by atoms with van der Waals surface area (Å²) in [6, 6.07) is 10.9. The lowest BCUT2D eigenvalue weighted by Crippen LogP contribution is -2.21. The van der Waals surface area contributed by atoms with Crippen molar-refractivity contribution in [3.8, 4) is 11.3 Å². The maximum atomic E-state index is 13.8. The predicted octanol–water partition coefficient (Wildman–Crippen LogP) is 4.91. The Morgan fingerprint density at radius 2 is 2.14 bits per heavy atom. The molecule has 1 fully saturated rings. The number of aromatic nitrogens is 1. The van der Waals surface area contributed by atoms with Crippen LogP contribution in [0.1, 0.15) is 27.9 Å². The summed E-state index contributed by atoms with van der Waals surface area (Å²) in [7, 11) is 0. The van der Waals surface area contributed by atoms with Crippen molar-refractivity contribution < 1.29 is 18.7 Å². The Kier molecular flexibility index (Phi) is 5.10. The van der Waals surface area contributed by atoms with Crippen molar-refractivity contribution in [2.24, 2.45) is 5.10 Å². The molecule has 1 aliphatic carbocycles. The first kappa shape index (κ1) is 19.2.